The van der Waals surface area contributed by atoms with Gasteiger partial charge in [-0.1, -0.05) is 6.07 Å². The minimum Gasteiger partial charge on any atom is -0.487 e. The largest absolute Gasteiger partial charge is 0.487 e. The maximum atomic E-state index is 9.67. The summed E-state index contributed by atoms with van der Waals surface area (Å²) in [7, 11) is 0. The van der Waals surface area contributed by atoms with E-state index in [1.165, 1.54) is 6.33 Å². The highest BCUT2D eigenvalue weighted by atomic mass is 32.1. The van der Waals surface area contributed by atoms with Gasteiger partial charge in [0.25, 0.3) is 5.88 Å². The molecule has 1 aromatic carbocycles. The van der Waals surface area contributed by atoms with Crippen molar-refractivity contribution in [3.05, 3.63) is 71.6 Å². The predicted molar refractivity (Wildman–Crippen MR) is 178 cm³/mol. The van der Waals surface area contributed by atoms with Crippen LogP contribution in [0, 0.1) is 11.3 Å². The molecule has 2 aliphatic rings. The van der Waals surface area contributed by atoms with Crippen molar-refractivity contribution in [3.8, 4) is 28.8 Å². The quantitative estimate of drug-likeness (QED) is 0.193. The second-order valence-corrected chi connectivity index (χ2v) is 12.9. The van der Waals surface area contributed by atoms with Crippen molar-refractivity contribution in [1.29, 1.82) is 5.26 Å². The number of nitrogens with zero attached hydrogens (tertiary/aromatic N) is 10. The molecule has 48 heavy (non-hydrogen) atoms. The topological polar surface area (TPSA) is 154 Å². The first kappa shape index (κ1) is 31.7. The standard InChI is InChI=1S/C33H37N11O3S/c1-23(18-43-22-35-21-39-43)47-30-14-24(2-3-25(30)15-34)26-16-37-33(38-17-26)40-29-19-44(41-32(29)46-20-31-36-8-13-48-31)28-6-4-27(5-7-28)42-9-11-45-12-10-42/h2-3,8,13-14,16-17,19,21-23,27-28H,4-7,9-12,18,20H2,1H3,(H,37,38,40). The van der Waals surface area contributed by atoms with Gasteiger partial charge in [-0.05, 0) is 50.3 Å². The molecule has 14 nitrogen and oxygen atoms in total. The molecule has 0 radical (unpaired) electrons. The zero-order chi connectivity index (χ0) is 32.7. The average molecular weight is 668 g/mol. The van der Waals surface area contributed by atoms with Gasteiger partial charge in [0.1, 0.15) is 47.9 Å². The van der Waals surface area contributed by atoms with Gasteiger partial charge in [0.2, 0.25) is 5.95 Å². The Balaban J connectivity index is 1.05. The van der Waals surface area contributed by atoms with Crippen molar-refractivity contribution in [2.24, 2.45) is 0 Å². The molecule has 5 aromatic rings. The molecule has 1 unspecified atom stereocenters. The zero-order valence-electron chi connectivity index (χ0n) is 26.7. The van der Waals surface area contributed by atoms with Gasteiger partial charge in [0.05, 0.1) is 37.6 Å². The number of morpholine rings is 1. The van der Waals surface area contributed by atoms with Crippen molar-refractivity contribution in [1.82, 2.24) is 44.4 Å². The van der Waals surface area contributed by atoms with E-state index in [4.69, 9.17) is 19.3 Å². The third-order valence-electron chi connectivity index (χ3n) is 8.69. The van der Waals surface area contributed by atoms with Crippen LogP contribution in [0.5, 0.6) is 11.6 Å². The van der Waals surface area contributed by atoms with Gasteiger partial charge in [-0.25, -0.2) is 24.6 Å². The summed E-state index contributed by atoms with van der Waals surface area (Å²) in [6.45, 7) is 6.43. The lowest BCUT2D eigenvalue weighted by Gasteiger charge is -2.38. The molecule has 2 fully saturated rings. The third kappa shape index (κ3) is 7.62. The first-order valence-corrected chi connectivity index (χ1v) is 17.0. The Labute approximate surface area is 282 Å². The van der Waals surface area contributed by atoms with Crippen molar-refractivity contribution in [3.63, 3.8) is 0 Å². The van der Waals surface area contributed by atoms with Gasteiger partial charge < -0.3 is 19.5 Å². The highest BCUT2D eigenvalue weighted by Crippen LogP contribution is 2.35. The van der Waals surface area contributed by atoms with Crippen LogP contribution >= 0.6 is 11.3 Å². The van der Waals surface area contributed by atoms with Gasteiger partial charge >= 0.3 is 0 Å². The molecular weight excluding hydrogens is 631 g/mol. The molecule has 248 valence electrons. The van der Waals surface area contributed by atoms with Gasteiger partial charge in [0, 0.05) is 48.7 Å². The van der Waals surface area contributed by atoms with Crippen LogP contribution in [0.1, 0.15) is 49.2 Å². The molecule has 1 aliphatic heterocycles. The van der Waals surface area contributed by atoms with E-state index in [9.17, 15) is 5.26 Å². The number of aromatic nitrogens is 8. The van der Waals surface area contributed by atoms with E-state index in [0.29, 0.717) is 48.0 Å². The molecule has 1 aliphatic carbocycles. The van der Waals surface area contributed by atoms with Crippen molar-refractivity contribution in [2.45, 2.75) is 63.9 Å². The smallest absolute Gasteiger partial charge is 0.257 e. The fourth-order valence-corrected chi connectivity index (χ4v) is 6.77. The average Bonchev–Trinajstić information content (AvgIpc) is 3.92. The van der Waals surface area contributed by atoms with E-state index in [0.717, 1.165) is 68.1 Å². The molecule has 1 saturated heterocycles. The summed E-state index contributed by atoms with van der Waals surface area (Å²) in [4.78, 5) is 20.1. The Morgan fingerprint density at radius 2 is 1.90 bits per heavy atom. The highest BCUT2D eigenvalue weighted by molar-refractivity contribution is 7.09. The third-order valence-corrected chi connectivity index (χ3v) is 9.44. The van der Waals surface area contributed by atoms with E-state index < -0.39 is 0 Å². The van der Waals surface area contributed by atoms with Crippen LogP contribution in [0.3, 0.4) is 0 Å². The normalized spacial score (nSPS) is 19.0. The lowest BCUT2D eigenvalue weighted by Crippen LogP contribution is -2.45. The SMILES string of the molecule is CC(Cn1cncn1)Oc1cc(-c2cnc(Nc3cn(C4CCC(N5CCOCC5)CC4)nc3OCc3nccs3)nc2)ccc1C#N. The Morgan fingerprint density at radius 3 is 2.62 bits per heavy atom. The molecule has 5 heterocycles. The van der Waals surface area contributed by atoms with Crippen LogP contribution in [0.15, 0.2) is 61.0 Å². The predicted octanol–water partition coefficient (Wildman–Crippen LogP) is 4.87. The molecular formula is C33H37N11O3S. The molecule has 1 atom stereocenters. The number of thiazole rings is 1. The van der Waals surface area contributed by atoms with E-state index >= 15 is 0 Å². The summed E-state index contributed by atoms with van der Waals surface area (Å²) in [5.74, 6) is 1.39. The summed E-state index contributed by atoms with van der Waals surface area (Å²) in [6, 6.07) is 8.55. The number of nitriles is 1. The number of anilines is 2. The molecule has 7 rings (SSSR count). The monoisotopic (exact) mass is 667 g/mol. The Hall–Kier alpha value is -4.91. The highest BCUT2D eigenvalue weighted by Gasteiger charge is 2.29. The van der Waals surface area contributed by atoms with Crippen LogP contribution in [-0.4, -0.2) is 82.8 Å². The van der Waals surface area contributed by atoms with Crippen LogP contribution in [0.4, 0.5) is 11.6 Å². The van der Waals surface area contributed by atoms with Crippen LogP contribution in [-0.2, 0) is 17.9 Å². The number of rotatable bonds is 12. The van der Waals surface area contributed by atoms with Crippen LogP contribution in [0.2, 0.25) is 0 Å². The number of ether oxygens (including phenoxy) is 3. The van der Waals surface area contributed by atoms with Crippen molar-refractivity contribution >= 4 is 23.0 Å². The van der Waals surface area contributed by atoms with E-state index in [-0.39, 0.29) is 12.1 Å². The molecule has 0 spiro atoms. The van der Waals surface area contributed by atoms with Crippen molar-refractivity contribution in [2.75, 3.05) is 31.6 Å². The number of hydrogen-bond acceptors (Lipinski definition) is 13. The summed E-state index contributed by atoms with van der Waals surface area (Å²) in [5.41, 5.74) is 2.76. The minimum atomic E-state index is -0.232. The zero-order valence-corrected chi connectivity index (χ0v) is 27.5. The summed E-state index contributed by atoms with van der Waals surface area (Å²) in [6.07, 6.45) is 14.5. The van der Waals surface area contributed by atoms with Gasteiger partial charge in [-0.2, -0.15) is 10.4 Å². The number of hydrogen-bond donors (Lipinski definition) is 1. The lowest BCUT2D eigenvalue weighted by molar-refractivity contribution is 0.00502. The van der Waals surface area contributed by atoms with E-state index in [1.807, 2.05) is 35.3 Å². The molecule has 15 heteroatoms. The van der Waals surface area contributed by atoms with Crippen LogP contribution in [0.25, 0.3) is 11.1 Å². The second kappa shape index (κ2) is 14.9. The number of nitrogens with one attached hydrogen (secondary N) is 1. The fourth-order valence-electron chi connectivity index (χ4n) is 6.24. The lowest BCUT2D eigenvalue weighted by atomic mass is 9.90. The van der Waals surface area contributed by atoms with Gasteiger partial charge in [-0.15, -0.1) is 16.4 Å². The summed E-state index contributed by atoms with van der Waals surface area (Å²) < 4.78 is 21.6. The molecule has 0 bridgehead atoms. The minimum absolute atomic E-state index is 0.232. The Kier molecular flexibility index (Phi) is 9.82. The maximum Gasteiger partial charge on any atom is 0.257 e. The van der Waals surface area contributed by atoms with E-state index in [1.54, 1.807) is 47.0 Å². The first-order chi connectivity index (χ1) is 23.6. The molecule has 0 amide bonds. The molecule has 1 saturated carbocycles. The second-order valence-electron chi connectivity index (χ2n) is 11.9. The summed E-state index contributed by atoms with van der Waals surface area (Å²) >= 11 is 1.54. The van der Waals surface area contributed by atoms with Crippen molar-refractivity contribution < 1.29 is 14.2 Å². The molecule has 4 aromatic heterocycles. The maximum absolute atomic E-state index is 9.67. The Morgan fingerprint density at radius 1 is 1.08 bits per heavy atom. The fraction of sp³-hybridized carbons (Fsp3) is 0.424. The number of benzene rings is 1. The van der Waals surface area contributed by atoms with E-state index in [2.05, 4.69) is 41.3 Å². The summed E-state index contributed by atoms with van der Waals surface area (Å²) in [5, 5.41) is 24.8. The molecule has 1 N–H and O–H groups in total. The van der Waals surface area contributed by atoms with Crippen LogP contribution < -0.4 is 14.8 Å². The van der Waals surface area contributed by atoms with Gasteiger partial charge in [0.15, 0.2) is 0 Å². The van der Waals surface area contributed by atoms with Gasteiger partial charge in [-0.3, -0.25) is 9.58 Å². The first-order valence-electron chi connectivity index (χ1n) is 16.2. The Bertz CT molecular complexity index is 1790.